The number of aromatic nitrogens is 2. The molecule has 26 heavy (non-hydrogen) atoms. The van der Waals surface area contributed by atoms with Crippen LogP contribution in [0.1, 0.15) is 29.3 Å². The smallest absolute Gasteiger partial charge is 0.339 e. The van der Waals surface area contributed by atoms with E-state index >= 15 is 0 Å². The number of halogens is 1. The molecule has 0 saturated carbocycles. The average molecular weight is 374 g/mol. The van der Waals surface area contributed by atoms with Gasteiger partial charge >= 0.3 is 5.97 Å². The predicted molar refractivity (Wildman–Crippen MR) is 91.7 cm³/mol. The van der Waals surface area contributed by atoms with Crippen molar-refractivity contribution in [3.05, 3.63) is 75.1 Å². The van der Waals surface area contributed by atoms with Crippen LogP contribution in [-0.2, 0) is 4.74 Å². The summed E-state index contributed by atoms with van der Waals surface area (Å²) in [6.07, 6.45) is -0.831. The summed E-state index contributed by atoms with van der Waals surface area (Å²) >= 11 is 5.73. The molecule has 1 aromatic heterocycles. The first-order valence-corrected chi connectivity index (χ1v) is 7.87. The van der Waals surface area contributed by atoms with E-state index in [1.807, 2.05) is 18.2 Å². The van der Waals surface area contributed by atoms with Crippen LogP contribution in [0.5, 0.6) is 0 Å². The van der Waals surface area contributed by atoms with Gasteiger partial charge in [-0.05, 0) is 31.2 Å². The lowest BCUT2D eigenvalue weighted by atomic mass is 10.2. The maximum atomic E-state index is 12.2. The second kappa shape index (κ2) is 7.32. The second-order valence-electron chi connectivity index (χ2n) is 5.28. The van der Waals surface area contributed by atoms with Crippen molar-refractivity contribution in [2.24, 2.45) is 0 Å². The van der Waals surface area contributed by atoms with Crippen molar-refractivity contribution < 1.29 is 18.9 Å². The van der Waals surface area contributed by atoms with Crippen LogP contribution < -0.4 is 0 Å². The van der Waals surface area contributed by atoms with E-state index in [9.17, 15) is 14.9 Å². The van der Waals surface area contributed by atoms with Crippen LogP contribution in [0.3, 0.4) is 0 Å². The minimum Gasteiger partial charge on any atom is -0.449 e. The minimum atomic E-state index is -0.831. The van der Waals surface area contributed by atoms with E-state index in [2.05, 4.69) is 10.2 Å². The van der Waals surface area contributed by atoms with Gasteiger partial charge in [-0.1, -0.05) is 29.8 Å². The first-order valence-electron chi connectivity index (χ1n) is 7.49. The van der Waals surface area contributed by atoms with E-state index in [0.717, 1.165) is 11.6 Å². The maximum Gasteiger partial charge on any atom is 0.339 e. The molecule has 132 valence electrons. The van der Waals surface area contributed by atoms with Crippen molar-refractivity contribution in [2.45, 2.75) is 13.0 Å². The van der Waals surface area contributed by atoms with Gasteiger partial charge in [0, 0.05) is 11.6 Å². The van der Waals surface area contributed by atoms with E-state index in [4.69, 9.17) is 20.8 Å². The fourth-order valence-corrected chi connectivity index (χ4v) is 2.34. The molecule has 0 aliphatic carbocycles. The van der Waals surface area contributed by atoms with Gasteiger partial charge in [-0.25, -0.2) is 4.79 Å². The number of hydrogen-bond acceptors (Lipinski definition) is 7. The summed E-state index contributed by atoms with van der Waals surface area (Å²) in [5.41, 5.74) is 0.353. The Morgan fingerprint density at radius 1 is 1.23 bits per heavy atom. The van der Waals surface area contributed by atoms with Crippen molar-refractivity contribution in [3.8, 4) is 11.5 Å². The lowest BCUT2D eigenvalue weighted by Gasteiger charge is -2.09. The molecule has 0 spiro atoms. The number of carbonyl (C=O) groups excluding carboxylic acids is 1. The average Bonchev–Trinajstić information content (AvgIpc) is 3.13. The first kappa shape index (κ1) is 17.6. The van der Waals surface area contributed by atoms with Crippen LogP contribution >= 0.6 is 11.6 Å². The molecule has 3 rings (SSSR count). The van der Waals surface area contributed by atoms with Gasteiger partial charge in [0.1, 0.15) is 5.02 Å². The van der Waals surface area contributed by atoms with Gasteiger partial charge in [-0.3, -0.25) is 10.1 Å². The largest absolute Gasteiger partial charge is 0.449 e. The quantitative estimate of drug-likeness (QED) is 0.374. The van der Waals surface area contributed by atoms with Gasteiger partial charge in [-0.2, -0.15) is 0 Å². The van der Waals surface area contributed by atoms with Gasteiger partial charge < -0.3 is 9.15 Å². The summed E-state index contributed by atoms with van der Waals surface area (Å²) in [7, 11) is 0. The molecule has 0 aliphatic rings. The number of esters is 1. The second-order valence-corrected chi connectivity index (χ2v) is 5.69. The molecule has 1 atom stereocenters. The Balaban J connectivity index is 1.75. The van der Waals surface area contributed by atoms with Crippen molar-refractivity contribution in [2.75, 3.05) is 0 Å². The lowest BCUT2D eigenvalue weighted by Crippen LogP contribution is -2.10. The Labute approximate surface area is 152 Å². The van der Waals surface area contributed by atoms with Crippen LogP contribution in [-0.4, -0.2) is 21.1 Å². The number of carbonyl (C=O) groups is 1. The van der Waals surface area contributed by atoms with E-state index in [1.165, 1.54) is 12.1 Å². The van der Waals surface area contributed by atoms with Crippen LogP contribution in [0.25, 0.3) is 11.5 Å². The number of nitro groups is 1. The fraction of sp³-hybridized carbons (Fsp3) is 0.118. The molecule has 0 saturated heterocycles. The molecule has 0 bridgehead atoms. The Morgan fingerprint density at radius 3 is 2.65 bits per heavy atom. The summed E-state index contributed by atoms with van der Waals surface area (Å²) in [5, 5.41) is 18.6. The van der Waals surface area contributed by atoms with E-state index in [0.29, 0.717) is 5.89 Å². The molecule has 8 nitrogen and oxygen atoms in total. The van der Waals surface area contributed by atoms with Gasteiger partial charge in [0.25, 0.3) is 11.6 Å². The standard InChI is InChI=1S/C17H12ClN3O5/c1-10(15-19-20-16(26-15)11-5-3-2-4-6-11)25-17(22)12-7-8-13(18)14(9-12)21(23)24/h2-10H,1H3/t10-/m0/s1. The molecule has 0 N–H and O–H groups in total. The summed E-state index contributed by atoms with van der Waals surface area (Å²) in [4.78, 5) is 22.5. The summed E-state index contributed by atoms with van der Waals surface area (Å²) in [5.74, 6) is -0.358. The highest BCUT2D eigenvalue weighted by Gasteiger charge is 2.22. The first-order chi connectivity index (χ1) is 12.5. The molecule has 1 heterocycles. The van der Waals surface area contributed by atoms with Crippen LogP contribution in [0.2, 0.25) is 5.02 Å². The molecular weight excluding hydrogens is 362 g/mol. The van der Waals surface area contributed by atoms with Crippen LogP contribution in [0.15, 0.2) is 52.9 Å². The highest BCUT2D eigenvalue weighted by Crippen LogP contribution is 2.27. The number of ether oxygens (including phenoxy) is 1. The van der Waals surface area contributed by atoms with Crippen LogP contribution in [0.4, 0.5) is 5.69 Å². The minimum absolute atomic E-state index is 0.00394. The van der Waals surface area contributed by atoms with E-state index in [1.54, 1.807) is 19.1 Å². The molecular formula is C17H12ClN3O5. The number of nitro benzene ring substituents is 1. The Bertz CT molecular complexity index is 958. The highest BCUT2D eigenvalue weighted by molar-refractivity contribution is 6.32. The Kier molecular flexibility index (Phi) is 4.94. The summed E-state index contributed by atoms with van der Waals surface area (Å²) in [6.45, 7) is 1.56. The molecule has 9 heteroatoms. The van der Waals surface area contributed by atoms with Gasteiger partial charge in [0.05, 0.1) is 10.5 Å². The molecule has 0 fully saturated rings. The molecule has 0 amide bonds. The van der Waals surface area contributed by atoms with Crippen molar-refractivity contribution in [1.82, 2.24) is 10.2 Å². The molecule has 0 radical (unpaired) electrons. The van der Waals surface area contributed by atoms with E-state index in [-0.39, 0.29) is 22.2 Å². The number of hydrogen-bond donors (Lipinski definition) is 0. The fourth-order valence-electron chi connectivity index (χ4n) is 2.15. The third kappa shape index (κ3) is 3.70. The molecule has 3 aromatic rings. The van der Waals surface area contributed by atoms with E-state index < -0.39 is 17.0 Å². The van der Waals surface area contributed by atoms with Crippen molar-refractivity contribution >= 4 is 23.3 Å². The topological polar surface area (TPSA) is 108 Å². The summed E-state index contributed by atoms with van der Waals surface area (Å²) < 4.78 is 10.8. The number of benzene rings is 2. The van der Waals surface area contributed by atoms with Gasteiger partial charge in [0.2, 0.25) is 5.89 Å². The zero-order chi connectivity index (χ0) is 18.7. The predicted octanol–water partition coefficient (Wildman–Crippen LogP) is 4.22. The monoisotopic (exact) mass is 373 g/mol. The molecule has 2 aromatic carbocycles. The van der Waals surface area contributed by atoms with Crippen molar-refractivity contribution in [1.29, 1.82) is 0 Å². The van der Waals surface area contributed by atoms with Gasteiger partial charge in [0.15, 0.2) is 6.10 Å². The summed E-state index contributed by atoms with van der Waals surface area (Å²) in [6, 6.07) is 12.8. The number of nitrogens with zero attached hydrogens (tertiary/aromatic N) is 3. The maximum absolute atomic E-state index is 12.2. The molecule has 0 unspecified atom stereocenters. The Morgan fingerprint density at radius 2 is 1.96 bits per heavy atom. The van der Waals surface area contributed by atoms with Gasteiger partial charge in [-0.15, -0.1) is 10.2 Å². The zero-order valence-corrected chi connectivity index (χ0v) is 14.2. The lowest BCUT2D eigenvalue weighted by molar-refractivity contribution is -0.384. The molecule has 0 aliphatic heterocycles. The zero-order valence-electron chi connectivity index (χ0n) is 13.5. The van der Waals surface area contributed by atoms with Crippen molar-refractivity contribution in [3.63, 3.8) is 0 Å². The highest BCUT2D eigenvalue weighted by atomic mass is 35.5. The normalized spacial score (nSPS) is 11.8. The number of rotatable bonds is 5. The Hall–Kier alpha value is -3.26. The third-order valence-electron chi connectivity index (χ3n) is 3.47. The SMILES string of the molecule is C[C@H](OC(=O)c1ccc(Cl)c([N+](=O)[O-])c1)c1nnc(-c2ccccc2)o1. The van der Waals surface area contributed by atoms with Crippen LogP contribution in [0, 0.1) is 10.1 Å². The third-order valence-corrected chi connectivity index (χ3v) is 3.79.